The minimum atomic E-state index is 0.740. The molecule has 2 N–H and O–H groups in total. The van der Waals surface area contributed by atoms with E-state index in [0.29, 0.717) is 0 Å². The number of fused-ring (bicyclic) bond motifs is 1. The molecule has 6 nitrogen and oxygen atoms in total. The van der Waals surface area contributed by atoms with Crippen molar-refractivity contribution in [1.29, 1.82) is 0 Å². The van der Waals surface area contributed by atoms with Crippen LogP contribution in [-0.4, -0.2) is 39.0 Å². The van der Waals surface area contributed by atoms with Crippen molar-refractivity contribution in [1.82, 2.24) is 10.7 Å². The minimum Gasteiger partial charge on any atom is -0.355 e. The van der Waals surface area contributed by atoms with Gasteiger partial charge >= 0.3 is 0 Å². The van der Waals surface area contributed by atoms with E-state index in [9.17, 15) is 0 Å². The summed E-state index contributed by atoms with van der Waals surface area (Å²) in [4.78, 5) is 8.91. The molecule has 0 amide bonds. The van der Waals surface area contributed by atoms with Gasteiger partial charge in [-0.3, -0.25) is 0 Å². The molecule has 2 aliphatic heterocycles. The Kier molecular flexibility index (Phi) is 4.24. The molecule has 2 aliphatic rings. The summed E-state index contributed by atoms with van der Waals surface area (Å²) in [7, 11) is 2.13. The first-order valence-electron chi connectivity index (χ1n) is 8.51. The maximum Gasteiger partial charge on any atom is 0.212 e. The van der Waals surface area contributed by atoms with Crippen LogP contribution in [0.5, 0.6) is 0 Å². The number of anilines is 2. The second-order valence-electron chi connectivity index (χ2n) is 6.29. The standard InChI is InChI=1S/C19H22N6/c1-24-14-25(18-5-3-2-4-17(18)24)13-16-8-6-15(7-9-16)12-22-23-19-20-10-11-21-19/h2-9,12H,10-11,13-14H2,1H3,(H2,20,21,23)/b22-12+. The molecule has 0 aliphatic carbocycles. The van der Waals surface area contributed by atoms with Crippen molar-refractivity contribution in [2.75, 3.05) is 36.6 Å². The van der Waals surface area contributed by atoms with E-state index in [1.54, 1.807) is 0 Å². The third-order valence-electron chi connectivity index (χ3n) is 4.43. The maximum absolute atomic E-state index is 4.23. The van der Waals surface area contributed by atoms with Gasteiger partial charge in [0.25, 0.3) is 0 Å². The SMILES string of the molecule is CN1CN(Cc2ccc(/C=N/NC3=NCCN3)cc2)c2ccccc21. The van der Waals surface area contributed by atoms with Gasteiger partial charge in [0, 0.05) is 20.1 Å². The number of hydrazone groups is 1. The number of hydrogen-bond donors (Lipinski definition) is 2. The molecule has 0 bridgehead atoms. The summed E-state index contributed by atoms with van der Waals surface area (Å²) in [5.74, 6) is 0.740. The van der Waals surface area contributed by atoms with Gasteiger partial charge in [0.1, 0.15) is 0 Å². The molecule has 0 saturated heterocycles. The van der Waals surface area contributed by atoms with Crippen LogP contribution in [0.2, 0.25) is 0 Å². The largest absolute Gasteiger partial charge is 0.355 e. The second-order valence-corrected chi connectivity index (χ2v) is 6.29. The molecular weight excluding hydrogens is 312 g/mol. The first-order chi connectivity index (χ1) is 12.3. The van der Waals surface area contributed by atoms with Crippen LogP contribution in [0.25, 0.3) is 0 Å². The van der Waals surface area contributed by atoms with Gasteiger partial charge in [-0.15, -0.1) is 0 Å². The van der Waals surface area contributed by atoms with E-state index < -0.39 is 0 Å². The smallest absolute Gasteiger partial charge is 0.212 e. The molecule has 0 spiro atoms. The summed E-state index contributed by atoms with van der Waals surface area (Å²) >= 11 is 0. The summed E-state index contributed by atoms with van der Waals surface area (Å²) in [6.07, 6.45) is 1.81. The van der Waals surface area contributed by atoms with E-state index in [1.165, 1.54) is 16.9 Å². The fourth-order valence-corrected chi connectivity index (χ4v) is 3.17. The van der Waals surface area contributed by atoms with Gasteiger partial charge in [0.05, 0.1) is 30.8 Å². The Bertz CT molecular complexity index is 796. The van der Waals surface area contributed by atoms with Gasteiger partial charge in [-0.25, -0.2) is 10.4 Å². The molecule has 0 atom stereocenters. The molecule has 128 valence electrons. The Balaban J connectivity index is 1.39. The van der Waals surface area contributed by atoms with Crippen molar-refractivity contribution in [2.24, 2.45) is 10.1 Å². The number of para-hydroxylation sites is 2. The molecule has 2 aromatic rings. The van der Waals surface area contributed by atoms with Crippen LogP contribution in [0.3, 0.4) is 0 Å². The Morgan fingerprint density at radius 3 is 2.72 bits per heavy atom. The van der Waals surface area contributed by atoms with Crippen LogP contribution in [-0.2, 0) is 6.54 Å². The molecule has 0 aromatic heterocycles. The van der Waals surface area contributed by atoms with E-state index in [0.717, 1.165) is 37.8 Å². The van der Waals surface area contributed by atoms with Crippen molar-refractivity contribution in [3.05, 3.63) is 59.7 Å². The van der Waals surface area contributed by atoms with E-state index >= 15 is 0 Å². The number of benzene rings is 2. The van der Waals surface area contributed by atoms with Crippen molar-refractivity contribution in [2.45, 2.75) is 6.54 Å². The van der Waals surface area contributed by atoms with Crippen molar-refractivity contribution in [3.63, 3.8) is 0 Å². The number of rotatable bonds is 4. The molecule has 6 heteroatoms. The lowest BCUT2D eigenvalue weighted by atomic mass is 10.1. The lowest BCUT2D eigenvalue weighted by Gasteiger charge is -2.19. The van der Waals surface area contributed by atoms with Crippen LogP contribution in [0.1, 0.15) is 11.1 Å². The highest BCUT2D eigenvalue weighted by atomic mass is 15.4. The maximum atomic E-state index is 4.23. The van der Waals surface area contributed by atoms with Gasteiger partial charge in [0.2, 0.25) is 5.96 Å². The summed E-state index contributed by atoms with van der Waals surface area (Å²) in [6, 6.07) is 17.1. The zero-order chi connectivity index (χ0) is 17.1. The average Bonchev–Trinajstić information content (AvgIpc) is 3.26. The highest BCUT2D eigenvalue weighted by Crippen LogP contribution is 2.35. The first kappa shape index (κ1) is 15.5. The van der Waals surface area contributed by atoms with E-state index in [4.69, 9.17) is 0 Å². The lowest BCUT2D eigenvalue weighted by Crippen LogP contribution is -2.30. The van der Waals surface area contributed by atoms with Crippen LogP contribution >= 0.6 is 0 Å². The molecule has 0 unspecified atom stereocenters. The Morgan fingerprint density at radius 1 is 1.16 bits per heavy atom. The second kappa shape index (κ2) is 6.84. The van der Waals surface area contributed by atoms with E-state index in [2.05, 4.69) is 86.2 Å². The predicted molar refractivity (Wildman–Crippen MR) is 103 cm³/mol. The zero-order valence-electron chi connectivity index (χ0n) is 14.3. The van der Waals surface area contributed by atoms with Gasteiger partial charge in [0.15, 0.2) is 0 Å². The zero-order valence-corrected chi connectivity index (χ0v) is 14.3. The van der Waals surface area contributed by atoms with Gasteiger partial charge in [-0.2, -0.15) is 5.10 Å². The molecule has 2 aromatic carbocycles. The van der Waals surface area contributed by atoms with E-state index in [-0.39, 0.29) is 0 Å². The number of aliphatic imine (C=N–C) groups is 1. The fraction of sp³-hybridized carbons (Fsp3) is 0.263. The topological polar surface area (TPSA) is 55.3 Å². The minimum absolute atomic E-state index is 0.740. The molecular formula is C19H22N6. The molecule has 4 rings (SSSR count). The van der Waals surface area contributed by atoms with Gasteiger partial charge < -0.3 is 15.1 Å². The van der Waals surface area contributed by atoms with Crippen LogP contribution in [0.15, 0.2) is 58.6 Å². The summed E-state index contributed by atoms with van der Waals surface area (Å²) in [6.45, 7) is 3.50. The Morgan fingerprint density at radius 2 is 1.96 bits per heavy atom. The highest BCUT2D eigenvalue weighted by molar-refractivity contribution is 5.84. The molecule has 0 saturated carbocycles. The molecule has 0 radical (unpaired) electrons. The number of hydrogen-bond acceptors (Lipinski definition) is 6. The third kappa shape index (κ3) is 3.42. The average molecular weight is 334 g/mol. The van der Waals surface area contributed by atoms with Gasteiger partial charge in [-0.1, -0.05) is 36.4 Å². The molecule has 2 heterocycles. The highest BCUT2D eigenvalue weighted by Gasteiger charge is 2.22. The van der Waals surface area contributed by atoms with Crippen molar-refractivity contribution < 1.29 is 0 Å². The van der Waals surface area contributed by atoms with Crippen LogP contribution < -0.4 is 20.5 Å². The number of nitrogens with one attached hydrogen (secondary N) is 2. The third-order valence-corrected chi connectivity index (χ3v) is 4.43. The quantitative estimate of drug-likeness (QED) is 0.663. The van der Waals surface area contributed by atoms with Crippen LogP contribution in [0.4, 0.5) is 11.4 Å². The molecule has 25 heavy (non-hydrogen) atoms. The number of guanidine groups is 1. The summed E-state index contributed by atoms with van der Waals surface area (Å²) in [5.41, 5.74) is 7.85. The lowest BCUT2D eigenvalue weighted by molar-refractivity contribution is 0.816. The van der Waals surface area contributed by atoms with E-state index in [1.807, 2.05) is 6.21 Å². The summed E-state index contributed by atoms with van der Waals surface area (Å²) in [5, 5.41) is 7.33. The Hall–Kier alpha value is -3.02. The Labute approximate surface area is 147 Å². The molecule has 0 fully saturated rings. The fourth-order valence-electron chi connectivity index (χ4n) is 3.17. The first-order valence-corrected chi connectivity index (χ1v) is 8.51. The number of nitrogens with zero attached hydrogens (tertiary/aromatic N) is 4. The van der Waals surface area contributed by atoms with Crippen molar-refractivity contribution in [3.8, 4) is 0 Å². The monoisotopic (exact) mass is 334 g/mol. The summed E-state index contributed by atoms with van der Waals surface area (Å²) < 4.78 is 0. The van der Waals surface area contributed by atoms with Crippen LogP contribution in [0, 0.1) is 0 Å². The van der Waals surface area contributed by atoms with Gasteiger partial charge in [-0.05, 0) is 23.3 Å². The van der Waals surface area contributed by atoms with Crippen molar-refractivity contribution >= 4 is 23.5 Å². The predicted octanol–water partition coefficient (Wildman–Crippen LogP) is 1.98. The normalized spacial score (nSPS) is 16.1.